The lowest BCUT2D eigenvalue weighted by molar-refractivity contribution is -0.139. The molecule has 0 radical (unpaired) electrons. The van der Waals surface area contributed by atoms with Gasteiger partial charge in [-0.2, -0.15) is 0 Å². The fourth-order valence-electron chi connectivity index (χ4n) is 4.42. The maximum atomic E-state index is 13.7. The van der Waals surface area contributed by atoms with Crippen molar-refractivity contribution in [1.29, 1.82) is 0 Å². The number of benzene rings is 3. The van der Waals surface area contributed by atoms with Crippen LogP contribution in [-0.2, 0) is 4.79 Å². The number of ketones is 2. The van der Waals surface area contributed by atoms with Crippen LogP contribution in [-0.4, -0.2) is 43.1 Å². The quantitative estimate of drug-likeness (QED) is 0.244. The largest absolute Gasteiger partial charge is 0.425 e. The number of hydrogen-bond donors (Lipinski definition) is 0. The van der Waals surface area contributed by atoms with Gasteiger partial charge in [0.05, 0.1) is 5.56 Å². The van der Waals surface area contributed by atoms with Crippen molar-refractivity contribution >= 4 is 17.5 Å². The van der Waals surface area contributed by atoms with Crippen LogP contribution in [0.2, 0.25) is 0 Å². The number of carbonyl (C=O) groups is 3. The molecule has 4 rings (SSSR count). The highest BCUT2D eigenvalue weighted by Gasteiger charge is 2.47. The lowest BCUT2D eigenvalue weighted by atomic mass is 9.70. The van der Waals surface area contributed by atoms with Gasteiger partial charge < -0.3 is 9.64 Å². The minimum absolute atomic E-state index is 0.104. The Morgan fingerprint density at radius 1 is 0.875 bits per heavy atom. The average molecular weight is 428 g/mol. The number of nitrogens with zero attached hydrogens (tertiary/aromatic N) is 1. The number of Topliss-reactive ketones (excluding diaryl/α,β-unsaturated/α-hetero) is 2. The lowest BCUT2D eigenvalue weighted by Gasteiger charge is -2.35. The molecule has 3 atom stereocenters. The maximum Gasteiger partial charge on any atom is 0.322 e. The summed E-state index contributed by atoms with van der Waals surface area (Å²) in [7, 11) is 3.76. The molecule has 0 saturated carbocycles. The molecular formula is C27H25NO4. The summed E-state index contributed by atoms with van der Waals surface area (Å²) in [6, 6.07) is 25.1. The second kappa shape index (κ2) is 9.28. The Balaban J connectivity index is 1.85. The molecule has 0 spiro atoms. The SMILES string of the molecule is CN(C)CC(C(=O)c1ccccc1)C(c1ccccc1)C1C(=O)Oc2ccccc2C1=O. The van der Waals surface area contributed by atoms with Gasteiger partial charge in [-0.15, -0.1) is 0 Å². The first-order valence-corrected chi connectivity index (χ1v) is 10.6. The van der Waals surface area contributed by atoms with Crippen LogP contribution in [0.5, 0.6) is 5.75 Å². The van der Waals surface area contributed by atoms with Crippen LogP contribution in [0.3, 0.4) is 0 Å². The molecule has 3 unspecified atom stereocenters. The second-order valence-electron chi connectivity index (χ2n) is 8.29. The van der Waals surface area contributed by atoms with E-state index in [1.165, 1.54) is 0 Å². The van der Waals surface area contributed by atoms with E-state index in [0.29, 0.717) is 17.7 Å². The van der Waals surface area contributed by atoms with Gasteiger partial charge in [-0.05, 0) is 31.8 Å². The number of carbonyl (C=O) groups excluding carboxylic acids is 3. The van der Waals surface area contributed by atoms with E-state index in [9.17, 15) is 14.4 Å². The highest BCUT2D eigenvalue weighted by Crippen LogP contribution is 2.41. The molecule has 0 amide bonds. The zero-order valence-corrected chi connectivity index (χ0v) is 18.1. The summed E-state index contributed by atoms with van der Waals surface area (Å²) >= 11 is 0. The second-order valence-corrected chi connectivity index (χ2v) is 8.29. The molecule has 1 aliphatic rings. The molecular weight excluding hydrogens is 402 g/mol. The third kappa shape index (κ3) is 4.25. The number of fused-ring (bicyclic) bond motifs is 1. The van der Waals surface area contributed by atoms with Crippen molar-refractivity contribution in [3.8, 4) is 5.75 Å². The van der Waals surface area contributed by atoms with Gasteiger partial charge in [0.2, 0.25) is 0 Å². The van der Waals surface area contributed by atoms with Gasteiger partial charge >= 0.3 is 5.97 Å². The van der Waals surface area contributed by atoms with Gasteiger partial charge in [-0.25, -0.2) is 0 Å². The molecule has 3 aromatic carbocycles. The Morgan fingerprint density at radius 2 is 1.47 bits per heavy atom. The van der Waals surface area contributed by atoms with Crippen LogP contribution in [0.25, 0.3) is 0 Å². The lowest BCUT2D eigenvalue weighted by Crippen LogP contribution is -2.44. The normalized spacial score (nSPS) is 17.4. The molecule has 1 heterocycles. The van der Waals surface area contributed by atoms with Crippen molar-refractivity contribution in [3.05, 3.63) is 102 Å². The van der Waals surface area contributed by atoms with Crippen molar-refractivity contribution in [2.24, 2.45) is 11.8 Å². The summed E-state index contributed by atoms with van der Waals surface area (Å²) in [6.45, 7) is 0.381. The molecule has 1 aliphatic heterocycles. The molecule has 0 saturated heterocycles. The van der Waals surface area contributed by atoms with Crippen LogP contribution in [0.1, 0.15) is 32.2 Å². The van der Waals surface area contributed by atoms with Gasteiger partial charge in [0.25, 0.3) is 0 Å². The molecule has 5 nitrogen and oxygen atoms in total. The van der Waals surface area contributed by atoms with Crippen LogP contribution in [0.4, 0.5) is 0 Å². The van der Waals surface area contributed by atoms with Gasteiger partial charge in [0, 0.05) is 23.9 Å². The molecule has 5 heteroatoms. The predicted octanol–water partition coefficient (Wildman–Crippen LogP) is 4.25. The van der Waals surface area contributed by atoms with E-state index in [-0.39, 0.29) is 17.3 Å². The molecule has 0 bridgehead atoms. The standard InChI is InChI=1S/C27H25NO4/c1-28(2)17-21(25(29)19-13-7-4-8-14-19)23(18-11-5-3-6-12-18)24-26(30)20-15-9-10-16-22(20)32-27(24)31/h3-16,21,23-24H,17H2,1-2H3. The Bertz CT molecular complexity index is 1120. The predicted molar refractivity (Wildman–Crippen MR) is 122 cm³/mol. The van der Waals surface area contributed by atoms with Gasteiger partial charge in [-0.3, -0.25) is 14.4 Å². The van der Waals surface area contributed by atoms with Crippen molar-refractivity contribution in [1.82, 2.24) is 4.90 Å². The summed E-state index contributed by atoms with van der Waals surface area (Å²) in [6.07, 6.45) is 0. The third-order valence-electron chi connectivity index (χ3n) is 5.83. The Labute approximate surface area is 187 Å². The number of hydrogen-bond acceptors (Lipinski definition) is 5. The van der Waals surface area contributed by atoms with Gasteiger partial charge in [0.15, 0.2) is 11.6 Å². The molecule has 3 aromatic rings. The minimum atomic E-state index is -1.11. The first kappa shape index (κ1) is 21.7. The fourth-order valence-corrected chi connectivity index (χ4v) is 4.42. The number of esters is 1. The van der Waals surface area contributed by atoms with Crippen LogP contribution in [0, 0.1) is 11.8 Å². The monoisotopic (exact) mass is 427 g/mol. The molecule has 0 aromatic heterocycles. The van der Waals surface area contributed by atoms with E-state index in [4.69, 9.17) is 4.74 Å². The Morgan fingerprint density at radius 3 is 2.12 bits per heavy atom. The first-order valence-electron chi connectivity index (χ1n) is 10.6. The zero-order chi connectivity index (χ0) is 22.7. The molecule has 0 N–H and O–H groups in total. The summed E-state index contributed by atoms with van der Waals surface area (Å²) in [4.78, 5) is 42.3. The summed E-state index contributed by atoms with van der Waals surface area (Å²) in [5.41, 5.74) is 1.68. The number of rotatable bonds is 7. The highest BCUT2D eigenvalue weighted by molar-refractivity contribution is 6.14. The van der Waals surface area contributed by atoms with Crippen LogP contribution < -0.4 is 4.74 Å². The van der Waals surface area contributed by atoms with Crippen molar-refractivity contribution in [2.45, 2.75) is 5.92 Å². The summed E-state index contributed by atoms with van der Waals surface area (Å²) in [5.74, 6) is -3.16. The summed E-state index contributed by atoms with van der Waals surface area (Å²) in [5, 5.41) is 0. The van der Waals surface area contributed by atoms with Crippen molar-refractivity contribution < 1.29 is 19.1 Å². The number of ether oxygens (including phenoxy) is 1. The van der Waals surface area contributed by atoms with Crippen LogP contribution in [0.15, 0.2) is 84.9 Å². The zero-order valence-electron chi connectivity index (χ0n) is 18.1. The fraction of sp³-hybridized carbons (Fsp3) is 0.222. The van der Waals surface area contributed by atoms with Crippen LogP contribution >= 0.6 is 0 Å². The van der Waals surface area contributed by atoms with E-state index >= 15 is 0 Å². The summed E-state index contributed by atoms with van der Waals surface area (Å²) < 4.78 is 5.57. The van der Waals surface area contributed by atoms with Crippen molar-refractivity contribution in [2.75, 3.05) is 20.6 Å². The van der Waals surface area contributed by atoms with E-state index < -0.39 is 23.7 Å². The van der Waals surface area contributed by atoms with E-state index in [2.05, 4.69) is 0 Å². The van der Waals surface area contributed by atoms with E-state index in [1.807, 2.05) is 67.5 Å². The molecule has 0 aliphatic carbocycles. The highest BCUT2D eigenvalue weighted by atomic mass is 16.5. The third-order valence-corrected chi connectivity index (χ3v) is 5.83. The maximum absolute atomic E-state index is 13.7. The topological polar surface area (TPSA) is 63.7 Å². The smallest absolute Gasteiger partial charge is 0.322 e. The first-order chi connectivity index (χ1) is 15.5. The van der Waals surface area contributed by atoms with Gasteiger partial charge in [-0.1, -0.05) is 72.8 Å². The molecule has 32 heavy (non-hydrogen) atoms. The Hall–Kier alpha value is -3.57. The minimum Gasteiger partial charge on any atom is -0.425 e. The van der Waals surface area contributed by atoms with E-state index in [1.54, 1.807) is 36.4 Å². The number of para-hydroxylation sites is 1. The average Bonchev–Trinajstić information content (AvgIpc) is 2.81. The van der Waals surface area contributed by atoms with Gasteiger partial charge in [0.1, 0.15) is 11.7 Å². The Kier molecular flexibility index (Phi) is 6.28. The molecule has 0 fully saturated rings. The molecule has 162 valence electrons. The van der Waals surface area contributed by atoms with E-state index in [0.717, 1.165) is 5.56 Å². The van der Waals surface area contributed by atoms with Crippen molar-refractivity contribution in [3.63, 3.8) is 0 Å².